The second-order valence-corrected chi connectivity index (χ2v) is 23.8. The van der Waals surface area contributed by atoms with Gasteiger partial charge in [0.1, 0.15) is 13.2 Å². The fourth-order valence-electron chi connectivity index (χ4n) is 10.5. The smallest absolute Gasteiger partial charge is 0.306 e. The van der Waals surface area contributed by atoms with E-state index in [-0.39, 0.29) is 31.1 Å². The molecule has 0 aliphatic carbocycles. The van der Waals surface area contributed by atoms with Crippen molar-refractivity contribution in [2.75, 3.05) is 13.2 Å². The minimum atomic E-state index is -0.786. The first-order valence-corrected chi connectivity index (χ1v) is 35.3. The van der Waals surface area contributed by atoms with Gasteiger partial charge in [-0.15, -0.1) is 0 Å². The zero-order valence-electron chi connectivity index (χ0n) is 53.6. The Bertz CT molecular complexity index is 1430. The Morgan fingerprint density at radius 1 is 0.263 bits per heavy atom. The van der Waals surface area contributed by atoms with Crippen LogP contribution in [0.1, 0.15) is 374 Å². The van der Waals surface area contributed by atoms with E-state index in [1.807, 2.05) is 0 Å². The minimum absolute atomic E-state index is 0.0807. The highest BCUT2D eigenvalue weighted by atomic mass is 16.6. The predicted molar refractivity (Wildman–Crippen MR) is 348 cm³/mol. The highest BCUT2D eigenvalue weighted by molar-refractivity contribution is 5.71. The molecule has 0 saturated carbocycles. The van der Waals surface area contributed by atoms with E-state index in [0.29, 0.717) is 19.3 Å². The SMILES string of the molecule is CC/C=C\C/C=C\C/C=C\CCCCCCCC(=O)OC(COC(=O)CCCCCCC/C=C\CCCCC)COC(=O)CCCCCCCCCCCCCCCCCCCCCCCCC/C=C\CCCCCCCCCC. The summed E-state index contributed by atoms with van der Waals surface area (Å²) in [6, 6.07) is 0. The maximum absolute atomic E-state index is 12.9. The van der Waals surface area contributed by atoms with Crippen LogP contribution in [0.15, 0.2) is 60.8 Å². The van der Waals surface area contributed by atoms with Crippen LogP contribution in [0.5, 0.6) is 0 Å². The van der Waals surface area contributed by atoms with Crippen molar-refractivity contribution in [1.82, 2.24) is 0 Å². The highest BCUT2D eigenvalue weighted by Crippen LogP contribution is 2.18. The number of esters is 3. The summed E-state index contributed by atoms with van der Waals surface area (Å²) < 4.78 is 16.9. The first-order chi connectivity index (χ1) is 39.5. The molecule has 0 aromatic rings. The van der Waals surface area contributed by atoms with Crippen LogP contribution in [0.25, 0.3) is 0 Å². The summed E-state index contributed by atoms with van der Waals surface area (Å²) in [4.78, 5) is 38.3. The summed E-state index contributed by atoms with van der Waals surface area (Å²) in [5, 5.41) is 0. The van der Waals surface area contributed by atoms with Crippen molar-refractivity contribution in [3.63, 3.8) is 0 Å². The largest absolute Gasteiger partial charge is 0.462 e. The summed E-state index contributed by atoms with van der Waals surface area (Å²) in [6.07, 6.45) is 88.5. The maximum Gasteiger partial charge on any atom is 0.306 e. The van der Waals surface area contributed by atoms with E-state index in [0.717, 1.165) is 103 Å². The number of carbonyl (C=O) groups is 3. The van der Waals surface area contributed by atoms with Gasteiger partial charge in [-0.25, -0.2) is 0 Å². The number of hydrogen-bond acceptors (Lipinski definition) is 6. The molecule has 0 amide bonds. The molecule has 1 atom stereocenters. The molecular formula is C74H134O6. The molecule has 0 aromatic carbocycles. The van der Waals surface area contributed by atoms with Gasteiger partial charge in [0.15, 0.2) is 6.10 Å². The van der Waals surface area contributed by atoms with Crippen molar-refractivity contribution >= 4 is 17.9 Å². The monoisotopic (exact) mass is 1120 g/mol. The normalized spacial score (nSPS) is 12.4. The molecule has 0 aromatic heterocycles. The molecule has 0 radical (unpaired) electrons. The molecule has 1 unspecified atom stereocenters. The summed E-state index contributed by atoms with van der Waals surface area (Å²) >= 11 is 0. The van der Waals surface area contributed by atoms with Crippen LogP contribution >= 0.6 is 0 Å². The van der Waals surface area contributed by atoms with Crippen LogP contribution in [0.4, 0.5) is 0 Å². The average molecular weight is 1120 g/mol. The van der Waals surface area contributed by atoms with Crippen LogP contribution in [0, 0.1) is 0 Å². The van der Waals surface area contributed by atoms with Gasteiger partial charge in [-0.05, 0) is 103 Å². The number of unbranched alkanes of at least 4 members (excludes halogenated alkanes) is 44. The lowest BCUT2D eigenvalue weighted by Crippen LogP contribution is -2.30. The van der Waals surface area contributed by atoms with Gasteiger partial charge in [-0.2, -0.15) is 0 Å². The van der Waals surface area contributed by atoms with Crippen LogP contribution in [0.2, 0.25) is 0 Å². The van der Waals surface area contributed by atoms with Gasteiger partial charge in [0, 0.05) is 19.3 Å². The zero-order chi connectivity index (χ0) is 57.8. The van der Waals surface area contributed by atoms with Crippen LogP contribution in [-0.4, -0.2) is 37.2 Å². The van der Waals surface area contributed by atoms with Crippen molar-refractivity contribution in [3.8, 4) is 0 Å². The first kappa shape index (κ1) is 77.1. The third-order valence-corrected chi connectivity index (χ3v) is 15.7. The zero-order valence-corrected chi connectivity index (χ0v) is 53.6. The summed E-state index contributed by atoms with van der Waals surface area (Å²) in [6.45, 7) is 6.53. The quantitative estimate of drug-likeness (QED) is 0.0261. The number of allylic oxidation sites excluding steroid dienone is 10. The second-order valence-electron chi connectivity index (χ2n) is 23.8. The fraction of sp³-hybridized carbons (Fsp3) is 0.824. The Hall–Kier alpha value is -2.89. The molecule has 0 bridgehead atoms. The molecule has 6 nitrogen and oxygen atoms in total. The molecule has 466 valence electrons. The lowest BCUT2D eigenvalue weighted by Gasteiger charge is -2.18. The van der Waals surface area contributed by atoms with Crippen LogP contribution < -0.4 is 0 Å². The Balaban J connectivity index is 4.05. The van der Waals surface area contributed by atoms with Crippen molar-refractivity contribution in [3.05, 3.63) is 60.8 Å². The summed E-state index contributed by atoms with van der Waals surface area (Å²) in [5.74, 6) is -0.890. The highest BCUT2D eigenvalue weighted by Gasteiger charge is 2.19. The van der Waals surface area contributed by atoms with Crippen molar-refractivity contribution in [2.45, 2.75) is 380 Å². The predicted octanol–water partition coefficient (Wildman–Crippen LogP) is 24.3. The lowest BCUT2D eigenvalue weighted by molar-refractivity contribution is -0.167. The molecule has 0 aliphatic rings. The molecule has 0 saturated heterocycles. The third kappa shape index (κ3) is 65.9. The Labute approximate surface area is 498 Å². The van der Waals surface area contributed by atoms with Gasteiger partial charge in [0.25, 0.3) is 0 Å². The average Bonchev–Trinajstić information content (AvgIpc) is 3.46. The third-order valence-electron chi connectivity index (χ3n) is 15.7. The second kappa shape index (κ2) is 68.6. The van der Waals surface area contributed by atoms with Crippen LogP contribution in [0.3, 0.4) is 0 Å². The van der Waals surface area contributed by atoms with E-state index in [1.54, 1.807) is 0 Å². The van der Waals surface area contributed by atoms with E-state index < -0.39 is 6.10 Å². The van der Waals surface area contributed by atoms with Gasteiger partial charge in [-0.1, -0.05) is 313 Å². The van der Waals surface area contributed by atoms with Gasteiger partial charge in [-0.3, -0.25) is 14.4 Å². The summed E-state index contributed by atoms with van der Waals surface area (Å²) in [7, 11) is 0. The van der Waals surface area contributed by atoms with Crippen molar-refractivity contribution < 1.29 is 28.6 Å². The molecule has 0 fully saturated rings. The Morgan fingerprint density at radius 3 is 0.800 bits per heavy atom. The van der Waals surface area contributed by atoms with Crippen LogP contribution in [-0.2, 0) is 28.6 Å². The lowest BCUT2D eigenvalue weighted by atomic mass is 10.0. The minimum Gasteiger partial charge on any atom is -0.462 e. The Morgan fingerprint density at radius 2 is 0.487 bits per heavy atom. The van der Waals surface area contributed by atoms with Gasteiger partial charge in [0.2, 0.25) is 0 Å². The van der Waals surface area contributed by atoms with E-state index in [4.69, 9.17) is 14.2 Å². The van der Waals surface area contributed by atoms with Crippen molar-refractivity contribution in [1.29, 1.82) is 0 Å². The van der Waals surface area contributed by atoms with Crippen molar-refractivity contribution in [2.24, 2.45) is 0 Å². The van der Waals surface area contributed by atoms with Gasteiger partial charge < -0.3 is 14.2 Å². The van der Waals surface area contributed by atoms with E-state index in [9.17, 15) is 14.4 Å². The number of ether oxygens (including phenoxy) is 3. The molecule has 0 heterocycles. The van der Waals surface area contributed by atoms with E-state index in [2.05, 4.69) is 81.5 Å². The maximum atomic E-state index is 12.9. The number of carbonyl (C=O) groups excluding carboxylic acids is 3. The number of hydrogen-bond donors (Lipinski definition) is 0. The topological polar surface area (TPSA) is 78.9 Å². The molecular weight excluding hydrogens is 985 g/mol. The van der Waals surface area contributed by atoms with E-state index >= 15 is 0 Å². The molecule has 6 heteroatoms. The molecule has 0 N–H and O–H groups in total. The summed E-state index contributed by atoms with van der Waals surface area (Å²) in [5.41, 5.74) is 0. The Kier molecular flexibility index (Phi) is 66.1. The molecule has 0 aliphatic heterocycles. The molecule has 0 spiro atoms. The molecule has 0 rings (SSSR count). The van der Waals surface area contributed by atoms with E-state index in [1.165, 1.54) is 231 Å². The number of rotatable bonds is 65. The fourth-order valence-corrected chi connectivity index (χ4v) is 10.5. The standard InChI is InChI=1S/C74H134O6/c1-4-7-10-13-16-19-22-25-27-28-29-30-31-32-33-34-35-36-37-38-39-40-41-42-43-44-45-46-48-49-52-55-58-61-64-67-73(76)79-70-71(69-78-72(75)66-63-60-57-54-51-24-21-18-15-12-9-6-3)80-74(77)68-65-62-59-56-53-50-47-26-23-20-17-14-11-8-5-2/h8,11,17-18,20-21,26,28-29,47,71H,4-7,9-10,12-16,19,22-25,27,30-46,48-70H2,1-3H3/b11-8-,20-17-,21-18-,29-28-,47-26-. The first-order valence-electron chi connectivity index (χ1n) is 35.3. The molecule has 80 heavy (non-hydrogen) atoms. The van der Waals surface area contributed by atoms with Gasteiger partial charge in [0.05, 0.1) is 0 Å². The van der Waals surface area contributed by atoms with Gasteiger partial charge >= 0.3 is 17.9 Å².